The molecule has 0 saturated carbocycles. The van der Waals surface area contributed by atoms with Gasteiger partial charge >= 0.3 is 0 Å². The number of para-hydroxylation sites is 2. The van der Waals surface area contributed by atoms with Crippen LogP contribution in [0.5, 0.6) is 0 Å². The van der Waals surface area contributed by atoms with Crippen molar-refractivity contribution >= 4 is 5.69 Å². The van der Waals surface area contributed by atoms with Crippen LogP contribution in [0.2, 0.25) is 0 Å². The van der Waals surface area contributed by atoms with Gasteiger partial charge in [0.15, 0.2) is 0 Å². The normalized spacial score (nSPS) is 16.6. The van der Waals surface area contributed by atoms with Crippen LogP contribution in [0.1, 0.15) is 49.1 Å². The fourth-order valence-electron chi connectivity index (χ4n) is 3.46. The highest BCUT2D eigenvalue weighted by Crippen LogP contribution is 2.38. The van der Waals surface area contributed by atoms with Crippen LogP contribution in [-0.2, 0) is 12.8 Å². The molecule has 0 N–H and O–H groups in total. The largest absolute Gasteiger partial charge is 0.294 e. The van der Waals surface area contributed by atoms with Crippen LogP contribution in [0.3, 0.4) is 0 Å². The predicted octanol–water partition coefficient (Wildman–Crippen LogP) is 3.68. The average molecular weight is 310 g/mol. The summed E-state index contributed by atoms with van der Waals surface area (Å²) in [6.07, 6.45) is 4.04. The van der Waals surface area contributed by atoms with Gasteiger partial charge in [0.25, 0.3) is 5.69 Å². The summed E-state index contributed by atoms with van der Waals surface area (Å²) in [6.45, 7) is 2.03. The average Bonchev–Trinajstić information content (AvgIpc) is 2.95. The molecule has 6 nitrogen and oxygen atoms in total. The van der Waals surface area contributed by atoms with Crippen molar-refractivity contribution in [3.8, 4) is 11.8 Å². The Labute approximate surface area is 134 Å². The Kier molecular flexibility index (Phi) is 4.11. The van der Waals surface area contributed by atoms with Crippen LogP contribution in [0, 0.1) is 21.4 Å². The number of rotatable bonds is 4. The molecule has 0 amide bonds. The molecule has 6 heteroatoms. The van der Waals surface area contributed by atoms with Gasteiger partial charge in [0.2, 0.25) is 0 Å². The zero-order chi connectivity index (χ0) is 16.4. The van der Waals surface area contributed by atoms with Gasteiger partial charge in [-0.2, -0.15) is 10.4 Å². The topological polar surface area (TPSA) is 84.8 Å². The first-order valence-electron chi connectivity index (χ1n) is 7.88. The zero-order valence-electron chi connectivity index (χ0n) is 13.0. The quantitative estimate of drug-likeness (QED) is 0.637. The minimum Gasteiger partial charge on any atom is -0.258 e. The van der Waals surface area contributed by atoms with Gasteiger partial charge in [-0.05, 0) is 31.7 Å². The van der Waals surface area contributed by atoms with Crippen molar-refractivity contribution in [3.63, 3.8) is 0 Å². The molecular formula is C17H18N4O2. The van der Waals surface area contributed by atoms with Crippen LogP contribution in [0.25, 0.3) is 5.69 Å². The third-order valence-corrected chi connectivity index (χ3v) is 4.45. The molecule has 118 valence electrons. The molecule has 0 radical (unpaired) electrons. The van der Waals surface area contributed by atoms with Crippen molar-refractivity contribution in [1.29, 1.82) is 5.26 Å². The first kappa shape index (κ1) is 15.2. The molecule has 2 aromatic rings. The van der Waals surface area contributed by atoms with Gasteiger partial charge in [0, 0.05) is 29.7 Å². The zero-order valence-corrected chi connectivity index (χ0v) is 13.0. The van der Waals surface area contributed by atoms with Crippen molar-refractivity contribution in [2.75, 3.05) is 0 Å². The summed E-state index contributed by atoms with van der Waals surface area (Å²) in [6, 6.07) is 8.96. The molecule has 0 aliphatic heterocycles. The highest BCUT2D eigenvalue weighted by molar-refractivity contribution is 5.54. The fraction of sp³-hybridized carbons (Fsp3) is 0.412. The molecule has 1 atom stereocenters. The Hall–Kier alpha value is -2.68. The number of hydrogen-bond acceptors (Lipinski definition) is 4. The first-order valence-corrected chi connectivity index (χ1v) is 7.88. The Bertz CT molecular complexity index is 788. The van der Waals surface area contributed by atoms with E-state index in [2.05, 4.69) is 11.2 Å². The Balaban J connectivity index is 2.20. The molecule has 1 aliphatic rings. The Morgan fingerprint density at radius 2 is 2.26 bits per heavy atom. The van der Waals surface area contributed by atoms with E-state index in [-0.39, 0.29) is 16.5 Å². The molecule has 0 bridgehead atoms. The lowest BCUT2D eigenvalue weighted by atomic mass is 9.83. The number of aromatic nitrogens is 2. The molecule has 0 spiro atoms. The highest BCUT2D eigenvalue weighted by Gasteiger charge is 2.30. The summed E-state index contributed by atoms with van der Waals surface area (Å²) in [5.74, 6) is 0.190. The van der Waals surface area contributed by atoms with E-state index in [9.17, 15) is 10.1 Å². The summed E-state index contributed by atoms with van der Waals surface area (Å²) in [5, 5.41) is 25.1. The minimum atomic E-state index is -0.370. The number of nitrogens with zero attached hydrogens (tertiary/aromatic N) is 4. The lowest BCUT2D eigenvalue weighted by Gasteiger charge is -2.22. The third kappa shape index (κ3) is 2.59. The van der Waals surface area contributed by atoms with Gasteiger partial charge in [-0.15, -0.1) is 0 Å². The number of benzene rings is 1. The maximum atomic E-state index is 11.3. The van der Waals surface area contributed by atoms with Gasteiger partial charge < -0.3 is 0 Å². The van der Waals surface area contributed by atoms with Crippen LogP contribution in [0.15, 0.2) is 24.3 Å². The van der Waals surface area contributed by atoms with Crippen molar-refractivity contribution < 1.29 is 4.92 Å². The molecule has 0 fully saturated rings. The van der Waals surface area contributed by atoms with Crippen LogP contribution < -0.4 is 0 Å². The fourth-order valence-corrected chi connectivity index (χ4v) is 3.46. The van der Waals surface area contributed by atoms with Crippen molar-refractivity contribution in [3.05, 3.63) is 51.3 Å². The first-order chi connectivity index (χ1) is 11.2. The van der Waals surface area contributed by atoms with E-state index in [1.54, 1.807) is 22.9 Å². The van der Waals surface area contributed by atoms with E-state index >= 15 is 0 Å². The summed E-state index contributed by atoms with van der Waals surface area (Å²) in [7, 11) is 0. The molecule has 1 aromatic heterocycles. The number of nitro benzene ring substituents is 1. The second-order valence-electron chi connectivity index (χ2n) is 5.77. The van der Waals surface area contributed by atoms with Crippen LogP contribution >= 0.6 is 0 Å². The standard InChI is InChI=1S/C17H18N4O2/c1-2-13-17-12(10-11-18)6-5-9-16(17)20(19-13)14-7-3-4-8-15(14)21(22)23/h3-4,7-8,12H,2,5-6,9-10H2,1H3. The second kappa shape index (κ2) is 6.21. The maximum absolute atomic E-state index is 11.3. The van der Waals surface area contributed by atoms with E-state index in [0.717, 1.165) is 42.6 Å². The van der Waals surface area contributed by atoms with Gasteiger partial charge in [0.05, 0.1) is 16.7 Å². The predicted molar refractivity (Wildman–Crippen MR) is 85.5 cm³/mol. The van der Waals surface area contributed by atoms with Crippen molar-refractivity contribution in [2.45, 2.75) is 44.9 Å². The molecule has 1 unspecified atom stereocenters. The Morgan fingerprint density at radius 1 is 1.48 bits per heavy atom. The second-order valence-corrected chi connectivity index (χ2v) is 5.77. The van der Waals surface area contributed by atoms with Gasteiger partial charge in [-0.1, -0.05) is 19.1 Å². The molecule has 0 saturated heterocycles. The lowest BCUT2D eigenvalue weighted by molar-refractivity contribution is -0.384. The third-order valence-electron chi connectivity index (χ3n) is 4.45. The van der Waals surface area contributed by atoms with Gasteiger partial charge in [0.1, 0.15) is 5.69 Å². The molecule has 1 aromatic carbocycles. The van der Waals surface area contributed by atoms with Gasteiger partial charge in [-0.3, -0.25) is 10.1 Å². The number of nitro groups is 1. The number of nitriles is 1. The minimum absolute atomic E-state index is 0.0582. The number of hydrogen-bond donors (Lipinski definition) is 0. The summed E-state index contributed by atoms with van der Waals surface area (Å²) >= 11 is 0. The number of fused-ring (bicyclic) bond motifs is 1. The van der Waals surface area contributed by atoms with E-state index in [1.807, 2.05) is 6.92 Å². The smallest absolute Gasteiger partial charge is 0.258 e. The highest BCUT2D eigenvalue weighted by atomic mass is 16.6. The van der Waals surface area contributed by atoms with Crippen molar-refractivity contribution in [1.82, 2.24) is 9.78 Å². The summed E-state index contributed by atoms with van der Waals surface area (Å²) in [5.41, 5.74) is 3.69. The van der Waals surface area contributed by atoms with Gasteiger partial charge in [-0.25, -0.2) is 4.68 Å². The summed E-state index contributed by atoms with van der Waals surface area (Å²) in [4.78, 5) is 11.0. The Morgan fingerprint density at radius 3 is 2.96 bits per heavy atom. The molecular weight excluding hydrogens is 292 g/mol. The lowest BCUT2D eigenvalue weighted by Crippen LogP contribution is -2.13. The maximum Gasteiger partial charge on any atom is 0.294 e. The van der Waals surface area contributed by atoms with E-state index < -0.39 is 0 Å². The van der Waals surface area contributed by atoms with Crippen LogP contribution in [0.4, 0.5) is 5.69 Å². The monoisotopic (exact) mass is 310 g/mol. The molecule has 23 heavy (non-hydrogen) atoms. The van der Waals surface area contributed by atoms with E-state index in [1.165, 1.54) is 6.07 Å². The summed E-state index contributed by atoms with van der Waals surface area (Å²) < 4.78 is 1.73. The number of aryl methyl sites for hydroxylation is 1. The van der Waals surface area contributed by atoms with E-state index in [4.69, 9.17) is 5.26 Å². The van der Waals surface area contributed by atoms with Crippen molar-refractivity contribution in [2.24, 2.45) is 0 Å². The SMILES string of the molecule is CCc1nn(-c2ccccc2[N+](=O)[O-])c2c1C(CC#N)CCC2. The van der Waals surface area contributed by atoms with Crippen LogP contribution in [-0.4, -0.2) is 14.7 Å². The molecule has 3 rings (SSSR count). The van der Waals surface area contributed by atoms with E-state index in [0.29, 0.717) is 12.1 Å². The molecule has 1 heterocycles. The molecule has 1 aliphatic carbocycles.